The van der Waals surface area contributed by atoms with Crippen molar-refractivity contribution < 1.29 is 4.79 Å². The zero-order chi connectivity index (χ0) is 19.7. The van der Waals surface area contributed by atoms with Crippen molar-refractivity contribution in [2.24, 2.45) is 0 Å². The van der Waals surface area contributed by atoms with Crippen LogP contribution in [0.5, 0.6) is 0 Å². The summed E-state index contributed by atoms with van der Waals surface area (Å²) in [6, 6.07) is 13.4. The molecule has 0 saturated carbocycles. The summed E-state index contributed by atoms with van der Waals surface area (Å²) in [7, 11) is 2.13. The van der Waals surface area contributed by atoms with Crippen molar-refractivity contribution in [2.45, 2.75) is 13.8 Å². The molecule has 0 radical (unpaired) electrons. The topological polar surface area (TPSA) is 61.4 Å². The van der Waals surface area contributed by atoms with Crippen LogP contribution in [0.4, 0.5) is 11.6 Å². The van der Waals surface area contributed by atoms with Crippen molar-refractivity contribution >= 4 is 28.4 Å². The maximum atomic E-state index is 12.7. The van der Waals surface area contributed by atoms with Gasteiger partial charge in [-0.25, -0.2) is 4.98 Å². The van der Waals surface area contributed by atoms with Crippen LogP contribution >= 0.6 is 0 Å². The molecule has 1 aliphatic heterocycles. The molecule has 0 unspecified atom stereocenters. The van der Waals surface area contributed by atoms with E-state index >= 15 is 0 Å². The number of hydrogen-bond acceptors (Lipinski definition) is 5. The van der Waals surface area contributed by atoms with Crippen LogP contribution in [0, 0.1) is 13.8 Å². The van der Waals surface area contributed by atoms with Crippen LogP contribution < -0.4 is 10.2 Å². The molecule has 0 bridgehead atoms. The van der Waals surface area contributed by atoms with Gasteiger partial charge < -0.3 is 15.1 Å². The summed E-state index contributed by atoms with van der Waals surface area (Å²) in [6.07, 6.45) is 0. The number of hydrogen-bond donors (Lipinski definition) is 1. The Morgan fingerprint density at radius 3 is 2.54 bits per heavy atom. The first kappa shape index (κ1) is 18.4. The Bertz CT molecular complexity index is 1020. The number of fused-ring (bicyclic) bond motifs is 1. The highest BCUT2D eigenvalue weighted by atomic mass is 16.1. The third-order valence-electron chi connectivity index (χ3n) is 5.21. The number of amides is 1. The van der Waals surface area contributed by atoms with Crippen molar-refractivity contribution in [1.29, 1.82) is 0 Å². The monoisotopic (exact) mass is 375 g/mol. The van der Waals surface area contributed by atoms with Gasteiger partial charge in [0.15, 0.2) is 0 Å². The maximum absolute atomic E-state index is 12.7. The number of carbonyl (C=O) groups excluding carboxylic acids is 1. The first-order valence-electron chi connectivity index (χ1n) is 9.59. The molecule has 1 saturated heterocycles. The zero-order valence-corrected chi connectivity index (χ0v) is 16.6. The van der Waals surface area contributed by atoms with Crippen molar-refractivity contribution in [3.05, 3.63) is 59.3 Å². The van der Waals surface area contributed by atoms with Gasteiger partial charge in [-0.2, -0.15) is 0 Å². The Balaban J connectivity index is 1.54. The molecule has 6 nitrogen and oxygen atoms in total. The van der Waals surface area contributed by atoms with E-state index in [-0.39, 0.29) is 5.91 Å². The minimum absolute atomic E-state index is 0.164. The van der Waals surface area contributed by atoms with Crippen LogP contribution in [0.1, 0.15) is 21.6 Å². The quantitative estimate of drug-likeness (QED) is 0.761. The van der Waals surface area contributed by atoms with E-state index in [2.05, 4.69) is 34.1 Å². The highest BCUT2D eigenvalue weighted by molar-refractivity contribution is 6.05. The minimum Gasteiger partial charge on any atom is -0.354 e. The first-order valence-corrected chi connectivity index (χ1v) is 9.59. The number of pyridine rings is 2. The smallest absolute Gasteiger partial charge is 0.256 e. The van der Waals surface area contributed by atoms with Gasteiger partial charge >= 0.3 is 0 Å². The van der Waals surface area contributed by atoms with Gasteiger partial charge in [-0.3, -0.25) is 9.78 Å². The average Bonchev–Trinajstić information content (AvgIpc) is 2.69. The number of aromatic nitrogens is 2. The number of carbonyl (C=O) groups is 1. The van der Waals surface area contributed by atoms with Gasteiger partial charge in [0, 0.05) is 42.8 Å². The molecular formula is C22H25N5O. The molecule has 2 aromatic heterocycles. The third kappa shape index (κ3) is 3.82. The van der Waals surface area contributed by atoms with Crippen LogP contribution in [0.15, 0.2) is 42.5 Å². The van der Waals surface area contributed by atoms with E-state index in [9.17, 15) is 4.79 Å². The van der Waals surface area contributed by atoms with Gasteiger partial charge in [0.25, 0.3) is 5.91 Å². The lowest BCUT2D eigenvalue weighted by molar-refractivity contribution is 0.102. The van der Waals surface area contributed by atoms with Crippen molar-refractivity contribution in [3.8, 4) is 0 Å². The number of nitrogens with one attached hydrogen (secondary N) is 1. The molecule has 0 atom stereocenters. The lowest BCUT2D eigenvalue weighted by atomic mass is 10.1. The SMILES string of the molecule is Cc1ccc2cc(C(=O)Nc3ccc(C)c(N4CCN(C)CC4)n3)ccc2n1. The summed E-state index contributed by atoms with van der Waals surface area (Å²) < 4.78 is 0. The molecule has 4 rings (SSSR count). The fourth-order valence-corrected chi connectivity index (χ4v) is 3.48. The van der Waals surface area contributed by atoms with Crippen LogP contribution in [-0.4, -0.2) is 54.0 Å². The lowest BCUT2D eigenvalue weighted by Crippen LogP contribution is -2.45. The van der Waals surface area contributed by atoms with E-state index in [0.717, 1.165) is 54.2 Å². The largest absolute Gasteiger partial charge is 0.354 e. The summed E-state index contributed by atoms with van der Waals surface area (Å²) in [5, 5.41) is 3.89. The molecule has 3 heterocycles. The van der Waals surface area contributed by atoms with Crippen molar-refractivity contribution in [3.63, 3.8) is 0 Å². The molecule has 0 aliphatic carbocycles. The summed E-state index contributed by atoms with van der Waals surface area (Å²) in [5.74, 6) is 1.36. The molecule has 1 N–H and O–H groups in total. The maximum Gasteiger partial charge on any atom is 0.256 e. The van der Waals surface area contributed by atoms with Crippen LogP contribution in [-0.2, 0) is 0 Å². The van der Waals surface area contributed by atoms with E-state index in [1.165, 1.54) is 0 Å². The molecular weight excluding hydrogens is 350 g/mol. The molecule has 1 aliphatic rings. The molecule has 3 aromatic rings. The highest BCUT2D eigenvalue weighted by Crippen LogP contribution is 2.22. The van der Waals surface area contributed by atoms with Gasteiger partial charge in [-0.1, -0.05) is 12.1 Å². The predicted octanol–water partition coefficient (Wildman–Crippen LogP) is 3.25. The number of piperazine rings is 1. The summed E-state index contributed by atoms with van der Waals surface area (Å²) in [5.41, 5.74) is 3.57. The fourth-order valence-electron chi connectivity index (χ4n) is 3.48. The molecule has 28 heavy (non-hydrogen) atoms. The number of benzene rings is 1. The van der Waals surface area contributed by atoms with E-state index in [1.807, 2.05) is 43.3 Å². The fraction of sp³-hybridized carbons (Fsp3) is 0.318. The van der Waals surface area contributed by atoms with E-state index in [0.29, 0.717) is 11.4 Å². The Kier molecular flexibility index (Phi) is 4.96. The lowest BCUT2D eigenvalue weighted by Gasteiger charge is -2.34. The second-order valence-electron chi connectivity index (χ2n) is 7.44. The normalized spacial score (nSPS) is 15.0. The zero-order valence-electron chi connectivity index (χ0n) is 16.6. The van der Waals surface area contributed by atoms with Crippen LogP contribution in [0.25, 0.3) is 10.9 Å². The Morgan fingerprint density at radius 1 is 0.964 bits per heavy atom. The van der Waals surface area contributed by atoms with Crippen molar-refractivity contribution in [1.82, 2.24) is 14.9 Å². The standard InChI is InChI=1S/C22H25N5O/c1-15-4-9-20(24-21(15)27-12-10-26(3)11-13-27)25-22(28)18-7-8-19-17(14-18)6-5-16(2)23-19/h4-9,14H,10-13H2,1-3H3,(H,24,25,28). The van der Waals surface area contributed by atoms with Gasteiger partial charge in [0.05, 0.1) is 5.52 Å². The Labute approximate surface area is 165 Å². The molecule has 1 amide bonds. The van der Waals surface area contributed by atoms with E-state index < -0.39 is 0 Å². The first-order chi connectivity index (χ1) is 13.5. The van der Waals surface area contributed by atoms with Gasteiger partial charge in [-0.15, -0.1) is 0 Å². The summed E-state index contributed by atoms with van der Waals surface area (Å²) in [6.45, 7) is 7.94. The van der Waals surface area contributed by atoms with Crippen LogP contribution in [0.2, 0.25) is 0 Å². The third-order valence-corrected chi connectivity index (χ3v) is 5.21. The molecule has 1 aromatic carbocycles. The number of anilines is 2. The van der Waals surface area contributed by atoms with Gasteiger partial charge in [-0.05, 0) is 56.8 Å². The number of aryl methyl sites for hydroxylation is 2. The Hall–Kier alpha value is -2.99. The van der Waals surface area contributed by atoms with Crippen LogP contribution in [0.3, 0.4) is 0 Å². The number of rotatable bonds is 3. The second-order valence-corrected chi connectivity index (χ2v) is 7.44. The Morgan fingerprint density at radius 2 is 1.75 bits per heavy atom. The van der Waals surface area contributed by atoms with E-state index in [1.54, 1.807) is 6.07 Å². The summed E-state index contributed by atoms with van der Waals surface area (Å²) >= 11 is 0. The van der Waals surface area contributed by atoms with Gasteiger partial charge in [0.2, 0.25) is 0 Å². The molecule has 6 heteroatoms. The average molecular weight is 375 g/mol. The molecule has 0 spiro atoms. The number of likely N-dealkylation sites (N-methyl/N-ethyl adjacent to an activating group) is 1. The summed E-state index contributed by atoms with van der Waals surface area (Å²) in [4.78, 5) is 26.6. The van der Waals surface area contributed by atoms with E-state index in [4.69, 9.17) is 4.98 Å². The van der Waals surface area contributed by atoms with Gasteiger partial charge in [0.1, 0.15) is 11.6 Å². The van der Waals surface area contributed by atoms with Crippen molar-refractivity contribution in [2.75, 3.05) is 43.4 Å². The molecule has 1 fully saturated rings. The minimum atomic E-state index is -0.164. The predicted molar refractivity (Wildman–Crippen MR) is 113 cm³/mol. The second kappa shape index (κ2) is 7.56. The number of nitrogens with zero attached hydrogens (tertiary/aromatic N) is 4. The molecule has 144 valence electrons. The highest BCUT2D eigenvalue weighted by Gasteiger charge is 2.18.